The third kappa shape index (κ3) is 3.96. The van der Waals surface area contributed by atoms with Crippen molar-refractivity contribution < 1.29 is 4.42 Å². The second kappa shape index (κ2) is 8.21. The van der Waals surface area contributed by atoms with Crippen molar-refractivity contribution in [1.82, 2.24) is 19.6 Å². The average Bonchev–Trinajstić information content (AvgIpc) is 3.36. The summed E-state index contributed by atoms with van der Waals surface area (Å²) in [5, 5.41) is 6.31. The summed E-state index contributed by atoms with van der Waals surface area (Å²) in [6.07, 6.45) is 3.65. The van der Waals surface area contributed by atoms with Gasteiger partial charge in [-0.3, -0.25) is 0 Å². The standard InChI is InChI=1S/C24H19ClN4OS/c1-15-6-3-4-9-19(15)20-13-22-24(26-10-11-29(22)28-20)31-14-21-16(2)30-23(27-21)17-7-5-8-18(25)12-17/h3-13H,14H2,1-2H3. The molecule has 0 fully saturated rings. The van der Waals surface area contributed by atoms with Crippen molar-refractivity contribution in [1.29, 1.82) is 0 Å². The first-order chi connectivity index (χ1) is 15.1. The van der Waals surface area contributed by atoms with Crippen LogP contribution < -0.4 is 0 Å². The SMILES string of the molecule is Cc1ccccc1-c1cc2c(SCc3nc(-c4cccc(Cl)c4)oc3C)nccn2n1. The highest BCUT2D eigenvalue weighted by molar-refractivity contribution is 7.98. The Kier molecular flexibility index (Phi) is 5.26. The normalized spacial score (nSPS) is 11.3. The molecule has 0 amide bonds. The van der Waals surface area contributed by atoms with E-state index in [0.29, 0.717) is 16.7 Å². The highest BCUT2D eigenvalue weighted by Gasteiger charge is 2.15. The molecule has 0 bridgehead atoms. The predicted molar refractivity (Wildman–Crippen MR) is 124 cm³/mol. The molecule has 0 unspecified atom stereocenters. The lowest BCUT2D eigenvalue weighted by Gasteiger charge is -2.01. The van der Waals surface area contributed by atoms with E-state index in [1.54, 1.807) is 18.0 Å². The maximum atomic E-state index is 6.10. The molecule has 5 rings (SSSR count). The number of aromatic nitrogens is 4. The highest BCUT2D eigenvalue weighted by atomic mass is 35.5. The molecular formula is C24H19ClN4OS. The zero-order valence-electron chi connectivity index (χ0n) is 17.0. The Morgan fingerprint density at radius 2 is 1.94 bits per heavy atom. The Morgan fingerprint density at radius 3 is 2.77 bits per heavy atom. The number of benzene rings is 2. The summed E-state index contributed by atoms with van der Waals surface area (Å²) < 4.78 is 7.76. The fourth-order valence-electron chi connectivity index (χ4n) is 3.44. The lowest BCUT2D eigenvalue weighted by Crippen LogP contribution is -1.92. The van der Waals surface area contributed by atoms with Crippen LogP contribution in [-0.2, 0) is 5.75 Å². The molecule has 0 radical (unpaired) electrons. The number of nitrogens with zero attached hydrogens (tertiary/aromatic N) is 4. The van der Waals surface area contributed by atoms with Crippen molar-refractivity contribution in [3.8, 4) is 22.7 Å². The van der Waals surface area contributed by atoms with Crippen LogP contribution in [0, 0.1) is 13.8 Å². The van der Waals surface area contributed by atoms with Gasteiger partial charge in [0.1, 0.15) is 10.8 Å². The number of halogens is 1. The molecule has 3 heterocycles. The van der Waals surface area contributed by atoms with Crippen LogP contribution in [0.25, 0.3) is 28.2 Å². The van der Waals surface area contributed by atoms with Gasteiger partial charge in [0.15, 0.2) is 0 Å². The van der Waals surface area contributed by atoms with Crippen LogP contribution in [0.1, 0.15) is 17.0 Å². The lowest BCUT2D eigenvalue weighted by molar-refractivity contribution is 0.540. The van der Waals surface area contributed by atoms with E-state index in [1.165, 1.54) is 5.56 Å². The molecule has 3 aromatic heterocycles. The number of thioether (sulfide) groups is 1. The minimum atomic E-state index is 0.577. The van der Waals surface area contributed by atoms with Gasteiger partial charge in [0.2, 0.25) is 5.89 Å². The van der Waals surface area contributed by atoms with Crippen molar-refractivity contribution in [2.45, 2.75) is 24.6 Å². The summed E-state index contributed by atoms with van der Waals surface area (Å²) in [6, 6.07) is 17.9. The monoisotopic (exact) mass is 446 g/mol. The number of hydrogen-bond donors (Lipinski definition) is 0. The topological polar surface area (TPSA) is 56.2 Å². The molecule has 0 atom stereocenters. The molecule has 7 heteroatoms. The van der Waals surface area contributed by atoms with E-state index in [1.807, 2.05) is 54.0 Å². The second-order valence-corrected chi connectivity index (χ2v) is 8.63. The first kappa shape index (κ1) is 19.8. The third-order valence-electron chi connectivity index (χ3n) is 5.09. The largest absolute Gasteiger partial charge is 0.441 e. The molecule has 154 valence electrons. The summed E-state index contributed by atoms with van der Waals surface area (Å²) >= 11 is 7.72. The summed E-state index contributed by atoms with van der Waals surface area (Å²) in [5.41, 5.74) is 5.99. The lowest BCUT2D eigenvalue weighted by atomic mass is 10.1. The third-order valence-corrected chi connectivity index (χ3v) is 6.33. The molecule has 5 aromatic rings. The van der Waals surface area contributed by atoms with Crippen LogP contribution in [-0.4, -0.2) is 19.6 Å². The van der Waals surface area contributed by atoms with E-state index < -0.39 is 0 Å². The van der Waals surface area contributed by atoms with Crippen molar-refractivity contribution in [3.05, 3.63) is 89.0 Å². The van der Waals surface area contributed by atoms with Crippen LogP contribution in [0.2, 0.25) is 5.02 Å². The summed E-state index contributed by atoms with van der Waals surface area (Å²) in [6.45, 7) is 4.03. The van der Waals surface area contributed by atoms with Crippen molar-refractivity contribution in [2.75, 3.05) is 0 Å². The van der Waals surface area contributed by atoms with E-state index in [9.17, 15) is 0 Å². The van der Waals surface area contributed by atoms with Crippen LogP contribution in [0.15, 0.2) is 76.4 Å². The Bertz CT molecular complexity index is 1390. The zero-order valence-corrected chi connectivity index (χ0v) is 18.6. The summed E-state index contributed by atoms with van der Waals surface area (Å²) in [4.78, 5) is 9.27. The minimum absolute atomic E-state index is 0.577. The second-order valence-electron chi connectivity index (χ2n) is 7.23. The van der Waals surface area contributed by atoms with E-state index in [-0.39, 0.29) is 0 Å². The summed E-state index contributed by atoms with van der Waals surface area (Å²) in [5.74, 6) is 2.02. The van der Waals surface area contributed by atoms with Crippen LogP contribution in [0.5, 0.6) is 0 Å². The molecule has 0 saturated heterocycles. The molecule has 0 aliphatic heterocycles. The highest BCUT2D eigenvalue weighted by Crippen LogP contribution is 2.31. The Balaban J connectivity index is 1.42. The number of aryl methyl sites for hydroxylation is 2. The van der Waals surface area contributed by atoms with Crippen molar-refractivity contribution in [3.63, 3.8) is 0 Å². The van der Waals surface area contributed by atoms with E-state index in [0.717, 1.165) is 38.8 Å². The van der Waals surface area contributed by atoms with Gasteiger partial charge in [0.25, 0.3) is 0 Å². The van der Waals surface area contributed by atoms with Crippen molar-refractivity contribution >= 4 is 28.9 Å². The number of oxazole rings is 1. The number of fused-ring (bicyclic) bond motifs is 1. The Labute approximate surface area is 189 Å². The zero-order chi connectivity index (χ0) is 21.4. The van der Waals surface area contributed by atoms with Gasteiger partial charge < -0.3 is 4.42 Å². The van der Waals surface area contributed by atoms with Gasteiger partial charge in [-0.25, -0.2) is 14.5 Å². The van der Waals surface area contributed by atoms with E-state index in [2.05, 4.69) is 35.1 Å². The number of hydrogen-bond acceptors (Lipinski definition) is 5. The fraction of sp³-hybridized carbons (Fsp3) is 0.125. The first-order valence-corrected chi connectivity index (χ1v) is 11.2. The van der Waals surface area contributed by atoms with Crippen LogP contribution >= 0.6 is 23.4 Å². The fourth-order valence-corrected chi connectivity index (χ4v) is 4.61. The molecule has 31 heavy (non-hydrogen) atoms. The van der Waals surface area contributed by atoms with Gasteiger partial charge in [-0.2, -0.15) is 5.10 Å². The molecule has 0 N–H and O–H groups in total. The quantitative estimate of drug-likeness (QED) is 0.284. The van der Waals surface area contributed by atoms with E-state index >= 15 is 0 Å². The summed E-state index contributed by atoms with van der Waals surface area (Å²) in [7, 11) is 0. The predicted octanol–water partition coefficient (Wildman–Crippen LogP) is 6.61. The average molecular weight is 447 g/mol. The molecule has 2 aromatic carbocycles. The molecule has 0 aliphatic rings. The number of rotatable bonds is 5. The van der Waals surface area contributed by atoms with Gasteiger partial charge in [-0.05, 0) is 43.7 Å². The van der Waals surface area contributed by atoms with Gasteiger partial charge in [-0.1, -0.05) is 53.7 Å². The first-order valence-electron chi connectivity index (χ1n) is 9.84. The molecule has 0 spiro atoms. The molecule has 5 nitrogen and oxygen atoms in total. The van der Waals surface area contributed by atoms with Gasteiger partial charge in [-0.15, -0.1) is 0 Å². The minimum Gasteiger partial charge on any atom is -0.441 e. The van der Waals surface area contributed by atoms with Crippen LogP contribution in [0.3, 0.4) is 0 Å². The Morgan fingerprint density at radius 1 is 1.06 bits per heavy atom. The van der Waals surface area contributed by atoms with Crippen LogP contribution in [0.4, 0.5) is 0 Å². The molecular weight excluding hydrogens is 428 g/mol. The molecule has 0 saturated carbocycles. The van der Waals surface area contributed by atoms with Gasteiger partial charge in [0.05, 0.1) is 16.9 Å². The maximum Gasteiger partial charge on any atom is 0.226 e. The van der Waals surface area contributed by atoms with Gasteiger partial charge in [0, 0.05) is 34.3 Å². The van der Waals surface area contributed by atoms with Crippen molar-refractivity contribution in [2.24, 2.45) is 0 Å². The molecule has 0 aliphatic carbocycles. The Hall–Kier alpha value is -3.09. The van der Waals surface area contributed by atoms with Gasteiger partial charge >= 0.3 is 0 Å². The smallest absolute Gasteiger partial charge is 0.226 e. The maximum absolute atomic E-state index is 6.10. The van der Waals surface area contributed by atoms with E-state index in [4.69, 9.17) is 21.1 Å².